The lowest BCUT2D eigenvalue weighted by Gasteiger charge is -2.18. The van der Waals surface area contributed by atoms with Crippen molar-refractivity contribution in [3.63, 3.8) is 0 Å². The number of primary amides is 1. The van der Waals surface area contributed by atoms with Gasteiger partial charge in [-0.25, -0.2) is 0 Å². The predicted molar refractivity (Wildman–Crippen MR) is 108 cm³/mol. The van der Waals surface area contributed by atoms with Crippen LogP contribution in [0.4, 0.5) is 5.69 Å². The Kier molecular flexibility index (Phi) is 9.97. The third-order valence-electron chi connectivity index (χ3n) is 4.08. The zero-order valence-corrected chi connectivity index (χ0v) is 16.6. The Hall–Kier alpha value is -3.47. The molecule has 1 aromatic carbocycles. The molecule has 0 aliphatic rings. The number of benzene rings is 1. The van der Waals surface area contributed by atoms with Gasteiger partial charge < -0.3 is 32.5 Å². The summed E-state index contributed by atoms with van der Waals surface area (Å²) in [5.74, 6) is -3.67. The number of amides is 4. The van der Waals surface area contributed by atoms with E-state index in [1.807, 2.05) is 0 Å². The number of hydrogen-bond acceptors (Lipinski definition) is 6. The predicted octanol–water partition coefficient (Wildman–Crippen LogP) is -0.683. The van der Waals surface area contributed by atoms with Gasteiger partial charge in [0.15, 0.2) is 0 Å². The van der Waals surface area contributed by atoms with Crippen molar-refractivity contribution >= 4 is 35.3 Å². The lowest BCUT2D eigenvalue weighted by molar-refractivity contribution is -0.139. The second-order valence-corrected chi connectivity index (χ2v) is 6.63. The number of carboxylic acid groups (broad SMARTS) is 1. The Morgan fingerprint density at radius 2 is 1.63 bits per heavy atom. The molecule has 0 saturated heterocycles. The molecular weight excluding hydrogens is 394 g/mol. The van der Waals surface area contributed by atoms with E-state index in [1.54, 1.807) is 0 Å². The highest BCUT2D eigenvalue weighted by molar-refractivity contribution is 6.00. The normalized spacial score (nSPS) is 12.3. The first kappa shape index (κ1) is 24.6. The molecule has 0 unspecified atom stereocenters. The molecule has 164 valence electrons. The molecule has 4 amide bonds. The molecule has 0 spiro atoms. The van der Waals surface area contributed by atoms with Crippen molar-refractivity contribution in [2.75, 3.05) is 11.9 Å². The van der Waals surface area contributed by atoms with Gasteiger partial charge in [0.25, 0.3) is 5.91 Å². The van der Waals surface area contributed by atoms with Gasteiger partial charge in [-0.3, -0.25) is 24.0 Å². The molecule has 2 atom stereocenters. The van der Waals surface area contributed by atoms with Gasteiger partial charge in [-0.1, -0.05) is 0 Å². The lowest BCUT2D eigenvalue weighted by atomic mass is 10.1. The molecule has 1 rings (SSSR count). The molecule has 30 heavy (non-hydrogen) atoms. The fraction of sp³-hybridized carbons (Fsp3) is 0.421. The number of aliphatic carboxylic acids is 1. The summed E-state index contributed by atoms with van der Waals surface area (Å²) in [6.07, 6.45) is 1.19. The van der Waals surface area contributed by atoms with E-state index < -0.39 is 42.2 Å². The SMILES string of the molecule is CC(=O)N[C@@H](CCCCN)C(=O)Nc1ccc(C(=O)N[C@@H](CC(=O)O)C(N)=O)cc1. The van der Waals surface area contributed by atoms with Crippen LogP contribution in [0, 0.1) is 0 Å². The summed E-state index contributed by atoms with van der Waals surface area (Å²) < 4.78 is 0. The van der Waals surface area contributed by atoms with Crippen LogP contribution < -0.4 is 27.4 Å². The molecule has 0 aliphatic heterocycles. The van der Waals surface area contributed by atoms with Gasteiger partial charge in [0.2, 0.25) is 17.7 Å². The van der Waals surface area contributed by atoms with Crippen LogP contribution in [0.1, 0.15) is 43.0 Å². The van der Waals surface area contributed by atoms with E-state index in [9.17, 15) is 24.0 Å². The summed E-state index contributed by atoms with van der Waals surface area (Å²) in [6, 6.07) is 3.66. The van der Waals surface area contributed by atoms with Crippen LogP contribution in [0.15, 0.2) is 24.3 Å². The van der Waals surface area contributed by atoms with Crippen LogP contribution in [-0.4, -0.2) is 53.3 Å². The van der Waals surface area contributed by atoms with E-state index in [0.29, 0.717) is 25.1 Å². The highest BCUT2D eigenvalue weighted by Gasteiger charge is 2.22. The van der Waals surface area contributed by atoms with Crippen LogP contribution in [-0.2, 0) is 19.2 Å². The van der Waals surface area contributed by atoms with Crippen molar-refractivity contribution in [2.24, 2.45) is 11.5 Å². The molecule has 0 radical (unpaired) electrons. The highest BCUT2D eigenvalue weighted by Crippen LogP contribution is 2.12. The topological polar surface area (TPSA) is 194 Å². The number of carbonyl (C=O) groups is 5. The van der Waals surface area contributed by atoms with Crippen LogP contribution in [0.2, 0.25) is 0 Å². The zero-order chi connectivity index (χ0) is 22.7. The van der Waals surface area contributed by atoms with Crippen molar-refractivity contribution in [1.82, 2.24) is 10.6 Å². The first-order valence-corrected chi connectivity index (χ1v) is 9.34. The Balaban J connectivity index is 2.76. The zero-order valence-electron chi connectivity index (χ0n) is 16.6. The standard InChI is InChI=1S/C19H27N5O6/c1-11(25)22-14(4-2-3-9-20)19(30)23-13-7-5-12(6-8-13)18(29)24-15(17(21)28)10-16(26)27/h5-8,14-15H,2-4,9-10,20H2,1H3,(H2,21,28)(H,22,25)(H,23,30)(H,24,29)(H,26,27)/t14-,15-/m0/s1. The summed E-state index contributed by atoms with van der Waals surface area (Å²) in [5, 5.41) is 16.3. The van der Waals surface area contributed by atoms with Gasteiger partial charge in [-0.15, -0.1) is 0 Å². The van der Waals surface area contributed by atoms with Gasteiger partial charge in [-0.05, 0) is 50.1 Å². The first-order chi connectivity index (χ1) is 14.1. The molecule has 0 heterocycles. The molecule has 0 aromatic heterocycles. The van der Waals surface area contributed by atoms with E-state index in [4.69, 9.17) is 16.6 Å². The summed E-state index contributed by atoms with van der Waals surface area (Å²) in [7, 11) is 0. The van der Waals surface area contributed by atoms with Crippen molar-refractivity contribution in [1.29, 1.82) is 0 Å². The molecule has 11 nitrogen and oxygen atoms in total. The minimum atomic E-state index is -1.35. The monoisotopic (exact) mass is 421 g/mol. The summed E-state index contributed by atoms with van der Waals surface area (Å²) in [4.78, 5) is 58.0. The first-order valence-electron chi connectivity index (χ1n) is 9.34. The number of hydrogen-bond donors (Lipinski definition) is 6. The van der Waals surface area contributed by atoms with Crippen LogP contribution in [0.5, 0.6) is 0 Å². The van der Waals surface area contributed by atoms with Gasteiger partial charge >= 0.3 is 5.97 Å². The van der Waals surface area contributed by atoms with Crippen LogP contribution in [0.25, 0.3) is 0 Å². The molecular formula is C19H27N5O6. The molecule has 0 saturated carbocycles. The summed E-state index contributed by atoms with van der Waals surface area (Å²) >= 11 is 0. The molecule has 0 fully saturated rings. The highest BCUT2D eigenvalue weighted by atomic mass is 16.4. The second-order valence-electron chi connectivity index (χ2n) is 6.63. The molecule has 8 N–H and O–H groups in total. The van der Waals surface area contributed by atoms with Crippen molar-refractivity contribution in [2.45, 2.75) is 44.7 Å². The fourth-order valence-electron chi connectivity index (χ4n) is 2.58. The van der Waals surface area contributed by atoms with Gasteiger partial charge in [0.1, 0.15) is 12.1 Å². The van der Waals surface area contributed by atoms with Crippen molar-refractivity contribution in [3.05, 3.63) is 29.8 Å². The maximum Gasteiger partial charge on any atom is 0.305 e. The number of carbonyl (C=O) groups excluding carboxylic acids is 4. The maximum atomic E-state index is 12.4. The largest absolute Gasteiger partial charge is 0.481 e. The number of unbranched alkanes of at least 4 members (excludes halogenated alkanes) is 1. The maximum absolute atomic E-state index is 12.4. The number of carboxylic acids is 1. The average molecular weight is 421 g/mol. The molecule has 0 aliphatic carbocycles. The Morgan fingerprint density at radius 3 is 2.13 bits per heavy atom. The van der Waals surface area contributed by atoms with E-state index in [2.05, 4.69) is 16.0 Å². The average Bonchev–Trinajstić information content (AvgIpc) is 2.66. The summed E-state index contributed by atoms with van der Waals surface area (Å²) in [6.45, 7) is 1.81. The molecule has 11 heteroatoms. The molecule has 0 bridgehead atoms. The quantitative estimate of drug-likeness (QED) is 0.240. The third kappa shape index (κ3) is 8.69. The smallest absolute Gasteiger partial charge is 0.305 e. The van der Waals surface area contributed by atoms with Gasteiger partial charge in [-0.2, -0.15) is 0 Å². The Labute approximate surface area is 173 Å². The van der Waals surface area contributed by atoms with Crippen molar-refractivity contribution in [3.8, 4) is 0 Å². The lowest BCUT2D eigenvalue weighted by Crippen LogP contribution is -2.45. The van der Waals surface area contributed by atoms with Crippen LogP contribution >= 0.6 is 0 Å². The number of nitrogens with one attached hydrogen (secondary N) is 3. The van der Waals surface area contributed by atoms with Crippen molar-refractivity contribution < 1.29 is 29.1 Å². The fourth-order valence-corrected chi connectivity index (χ4v) is 2.58. The number of anilines is 1. The minimum Gasteiger partial charge on any atom is -0.481 e. The van der Waals surface area contributed by atoms with E-state index in [0.717, 1.165) is 6.42 Å². The van der Waals surface area contributed by atoms with E-state index in [1.165, 1.54) is 31.2 Å². The number of nitrogens with two attached hydrogens (primary N) is 2. The number of rotatable bonds is 12. The Bertz CT molecular complexity index is 780. The third-order valence-corrected chi connectivity index (χ3v) is 4.08. The summed E-state index contributed by atoms with van der Waals surface area (Å²) in [5.41, 5.74) is 11.1. The minimum absolute atomic E-state index is 0.144. The van der Waals surface area contributed by atoms with Gasteiger partial charge in [0, 0.05) is 18.2 Å². The van der Waals surface area contributed by atoms with Crippen LogP contribution in [0.3, 0.4) is 0 Å². The van der Waals surface area contributed by atoms with Gasteiger partial charge in [0.05, 0.1) is 6.42 Å². The molecule has 1 aromatic rings. The van der Waals surface area contributed by atoms with E-state index in [-0.39, 0.29) is 11.5 Å². The Morgan fingerprint density at radius 1 is 1.00 bits per heavy atom. The van der Waals surface area contributed by atoms with E-state index >= 15 is 0 Å². The second kappa shape index (κ2) is 12.2.